The smallest absolute Gasteiger partial charge is 0.277 e. The molecule has 9 heteroatoms. The maximum absolute atomic E-state index is 14.1. The highest BCUT2D eigenvalue weighted by molar-refractivity contribution is 7.99. The Bertz CT molecular complexity index is 1580. The van der Waals surface area contributed by atoms with E-state index in [1.54, 1.807) is 23.0 Å². The minimum Gasteiger partial charge on any atom is -0.490 e. The zero-order valence-electron chi connectivity index (χ0n) is 21.6. The number of hydrogen-bond acceptors (Lipinski definition) is 8. The summed E-state index contributed by atoms with van der Waals surface area (Å²) >= 11 is 1.66. The first-order valence-electron chi connectivity index (χ1n) is 13.2. The van der Waals surface area contributed by atoms with Crippen molar-refractivity contribution in [2.45, 2.75) is 29.0 Å². The fourth-order valence-corrected chi connectivity index (χ4v) is 6.40. The van der Waals surface area contributed by atoms with Gasteiger partial charge in [0.2, 0.25) is 0 Å². The van der Waals surface area contributed by atoms with Crippen molar-refractivity contribution in [2.24, 2.45) is 4.99 Å². The molecule has 0 N–H and O–H groups in total. The van der Waals surface area contributed by atoms with Gasteiger partial charge in [-0.15, -0.1) is 0 Å². The molecule has 1 amide bonds. The number of ether oxygens (including phenoxy) is 2. The Morgan fingerprint density at radius 2 is 1.77 bits per heavy atom. The molecule has 8 nitrogen and oxygen atoms in total. The van der Waals surface area contributed by atoms with E-state index in [1.807, 2.05) is 76.6 Å². The van der Waals surface area contributed by atoms with Gasteiger partial charge in [-0.05, 0) is 23.8 Å². The van der Waals surface area contributed by atoms with E-state index in [4.69, 9.17) is 14.5 Å². The van der Waals surface area contributed by atoms with Gasteiger partial charge in [0.1, 0.15) is 24.8 Å². The molecule has 3 aromatic carbocycles. The number of amides is 1. The highest BCUT2D eigenvalue weighted by Gasteiger charge is 2.48. The molecule has 1 unspecified atom stereocenters. The molecule has 0 aliphatic carbocycles. The normalized spacial score (nSPS) is 19.9. The van der Waals surface area contributed by atoms with Crippen molar-refractivity contribution >= 4 is 35.5 Å². The molecular formula is C31H26N4O4S. The van der Waals surface area contributed by atoms with E-state index in [1.165, 1.54) is 0 Å². The Balaban J connectivity index is 1.40. The van der Waals surface area contributed by atoms with Crippen LogP contribution in [0.2, 0.25) is 0 Å². The Morgan fingerprint density at radius 3 is 2.62 bits per heavy atom. The average molecular weight is 551 g/mol. The van der Waals surface area contributed by atoms with Gasteiger partial charge in [0, 0.05) is 40.1 Å². The molecule has 4 aliphatic heterocycles. The van der Waals surface area contributed by atoms with Crippen LogP contribution < -0.4 is 0 Å². The SMILES string of the molecule is O=CC1=CN2C(=C(OCc3ccccc3)C1)C(=O)N1CCOCC1N2C1=Nc2ccccc2Sc2ccccc21. The molecule has 4 heterocycles. The Labute approximate surface area is 236 Å². The van der Waals surface area contributed by atoms with Crippen molar-refractivity contribution in [3.63, 3.8) is 0 Å². The summed E-state index contributed by atoms with van der Waals surface area (Å²) in [7, 11) is 0. The number of benzene rings is 3. The van der Waals surface area contributed by atoms with Gasteiger partial charge in [0.15, 0.2) is 11.5 Å². The third-order valence-corrected chi connectivity index (χ3v) is 8.43. The van der Waals surface area contributed by atoms with Gasteiger partial charge in [0.05, 0.1) is 18.9 Å². The maximum Gasteiger partial charge on any atom is 0.277 e. The molecule has 0 radical (unpaired) electrons. The number of aliphatic imine (C=N–C) groups is 1. The summed E-state index contributed by atoms with van der Waals surface area (Å²) in [6.45, 7) is 1.47. The maximum atomic E-state index is 14.1. The van der Waals surface area contributed by atoms with Crippen molar-refractivity contribution in [2.75, 3.05) is 19.8 Å². The number of carbonyl (C=O) groups is 2. The van der Waals surface area contributed by atoms with Gasteiger partial charge in [0.25, 0.3) is 5.91 Å². The second-order valence-electron chi connectivity index (χ2n) is 9.79. The summed E-state index contributed by atoms with van der Waals surface area (Å²) in [5, 5.41) is 3.76. The van der Waals surface area contributed by atoms with Crippen LogP contribution in [0.1, 0.15) is 17.5 Å². The van der Waals surface area contributed by atoms with Gasteiger partial charge in [-0.25, -0.2) is 15.0 Å². The molecule has 7 rings (SSSR count). The van der Waals surface area contributed by atoms with Crippen LogP contribution in [0.25, 0.3) is 0 Å². The van der Waals surface area contributed by atoms with E-state index in [0.29, 0.717) is 42.6 Å². The number of rotatable bonds is 4. The van der Waals surface area contributed by atoms with Gasteiger partial charge in [-0.3, -0.25) is 9.59 Å². The first-order valence-corrected chi connectivity index (χ1v) is 14.0. The van der Waals surface area contributed by atoms with Gasteiger partial charge in [-0.2, -0.15) is 0 Å². The van der Waals surface area contributed by atoms with Gasteiger partial charge >= 0.3 is 0 Å². The van der Waals surface area contributed by atoms with Crippen LogP contribution in [0.4, 0.5) is 5.69 Å². The zero-order chi connectivity index (χ0) is 27.1. The van der Waals surface area contributed by atoms with Crippen LogP contribution in [0.15, 0.2) is 117 Å². The van der Waals surface area contributed by atoms with Crippen LogP contribution in [-0.4, -0.2) is 58.9 Å². The van der Waals surface area contributed by atoms with E-state index >= 15 is 0 Å². The molecule has 200 valence electrons. The highest BCUT2D eigenvalue weighted by atomic mass is 32.2. The Hall–Kier alpha value is -4.34. The number of para-hydroxylation sites is 1. The topological polar surface area (TPSA) is 74.7 Å². The molecule has 0 aromatic heterocycles. The number of carbonyl (C=O) groups excluding carboxylic acids is 2. The zero-order valence-corrected chi connectivity index (χ0v) is 22.4. The van der Waals surface area contributed by atoms with Crippen molar-refractivity contribution in [3.05, 3.63) is 113 Å². The molecule has 2 saturated heterocycles. The lowest BCUT2D eigenvalue weighted by molar-refractivity contribution is -0.166. The van der Waals surface area contributed by atoms with Crippen LogP contribution in [0.5, 0.6) is 0 Å². The number of allylic oxidation sites excluding steroid dienone is 1. The molecule has 2 fully saturated rings. The van der Waals surface area contributed by atoms with E-state index in [0.717, 1.165) is 32.9 Å². The van der Waals surface area contributed by atoms with E-state index < -0.39 is 6.17 Å². The summed E-state index contributed by atoms with van der Waals surface area (Å²) in [5.41, 5.74) is 3.64. The van der Waals surface area contributed by atoms with Crippen LogP contribution in [0, 0.1) is 0 Å². The van der Waals surface area contributed by atoms with Crippen molar-refractivity contribution in [3.8, 4) is 0 Å². The molecule has 4 aliphatic rings. The third kappa shape index (κ3) is 4.27. The van der Waals surface area contributed by atoms with Gasteiger partial charge in [-0.1, -0.05) is 72.4 Å². The van der Waals surface area contributed by atoms with Crippen LogP contribution in [0.3, 0.4) is 0 Å². The van der Waals surface area contributed by atoms with Crippen molar-refractivity contribution in [1.82, 2.24) is 14.9 Å². The highest BCUT2D eigenvalue weighted by Crippen LogP contribution is 2.43. The molecular weight excluding hydrogens is 524 g/mol. The summed E-state index contributed by atoms with van der Waals surface area (Å²) < 4.78 is 12.2. The Morgan fingerprint density at radius 1 is 1.00 bits per heavy atom. The average Bonchev–Trinajstić information content (AvgIpc) is 3.17. The summed E-state index contributed by atoms with van der Waals surface area (Å²) in [6.07, 6.45) is 2.34. The number of fused-ring (bicyclic) bond motifs is 4. The lowest BCUT2D eigenvalue weighted by Crippen LogP contribution is -2.68. The van der Waals surface area contributed by atoms with Crippen molar-refractivity contribution < 1.29 is 19.1 Å². The van der Waals surface area contributed by atoms with Gasteiger partial charge < -0.3 is 14.4 Å². The number of aldehydes is 1. The Kier molecular flexibility index (Phi) is 6.37. The number of nitrogens with zero attached hydrogens (tertiary/aromatic N) is 4. The molecule has 40 heavy (non-hydrogen) atoms. The van der Waals surface area contributed by atoms with Crippen LogP contribution in [-0.2, 0) is 25.7 Å². The van der Waals surface area contributed by atoms with Crippen molar-refractivity contribution in [1.29, 1.82) is 0 Å². The summed E-state index contributed by atoms with van der Waals surface area (Å²) in [6, 6.07) is 25.9. The van der Waals surface area contributed by atoms with E-state index in [9.17, 15) is 9.59 Å². The fourth-order valence-electron chi connectivity index (χ4n) is 5.38. The molecule has 1 atom stereocenters. The first kappa shape index (κ1) is 24.7. The predicted octanol–water partition coefficient (Wildman–Crippen LogP) is 4.86. The number of hydrazine groups is 1. The molecule has 0 saturated carbocycles. The second kappa shape index (κ2) is 10.3. The largest absolute Gasteiger partial charge is 0.490 e. The standard InChI is InChI=1S/C31H26N4O4S/c36-18-22-16-25(39-19-21-8-2-1-3-9-21)29-31(37)33-14-15-38-20-28(33)35(34(29)17-22)30-23-10-4-6-12-26(23)40-27-13-7-5-11-24(27)32-30/h1-13,17-18,28H,14-16,19-20H2. The lowest BCUT2D eigenvalue weighted by atomic mass is 10.0. The second-order valence-corrected chi connectivity index (χ2v) is 10.9. The summed E-state index contributed by atoms with van der Waals surface area (Å²) in [4.78, 5) is 35.3. The molecule has 0 spiro atoms. The number of hydrogen-bond donors (Lipinski definition) is 0. The molecule has 0 bridgehead atoms. The lowest BCUT2D eigenvalue weighted by Gasteiger charge is -2.53. The first-order chi connectivity index (χ1) is 19.7. The number of amidine groups is 1. The molecule has 3 aromatic rings. The quantitative estimate of drug-likeness (QED) is 0.430. The van der Waals surface area contributed by atoms with Crippen LogP contribution >= 0.6 is 11.8 Å². The summed E-state index contributed by atoms with van der Waals surface area (Å²) in [5.74, 6) is 0.987. The predicted molar refractivity (Wildman–Crippen MR) is 150 cm³/mol. The van der Waals surface area contributed by atoms with E-state index in [2.05, 4.69) is 12.1 Å². The van der Waals surface area contributed by atoms with E-state index in [-0.39, 0.29) is 18.9 Å². The monoisotopic (exact) mass is 550 g/mol. The third-order valence-electron chi connectivity index (χ3n) is 7.29. The fraction of sp³-hybridized carbons (Fsp3) is 0.194. The minimum absolute atomic E-state index is 0.147. The minimum atomic E-state index is -0.454. The number of morpholine rings is 1.